The van der Waals surface area contributed by atoms with E-state index in [0.29, 0.717) is 5.15 Å². The van der Waals surface area contributed by atoms with Crippen molar-refractivity contribution in [3.8, 4) is 0 Å². The van der Waals surface area contributed by atoms with Crippen LogP contribution in [0.25, 0.3) is 21.5 Å². The first-order valence-corrected chi connectivity index (χ1v) is 5.75. The minimum atomic E-state index is -0.936. The van der Waals surface area contributed by atoms with E-state index in [2.05, 4.69) is 4.98 Å². The van der Waals surface area contributed by atoms with Crippen molar-refractivity contribution in [1.82, 2.24) is 4.98 Å². The zero-order valence-electron chi connectivity index (χ0n) is 11.2. The molecule has 1 heterocycles. The number of hydrogen-bond acceptors (Lipinski definition) is 2. The van der Waals surface area contributed by atoms with Gasteiger partial charge in [-0.25, -0.2) is 9.78 Å². The summed E-state index contributed by atoms with van der Waals surface area (Å²) in [6.07, 6.45) is 1.65. The normalized spacial score (nSPS) is 10.4. The van der Waals surface area contributed by atoms with Crippen molar-refractivity contribution >= 4 is 39.1 Å². The van der Waals surface area contributed by atoms with Crippen LogP contribution >= 0.6 is 11.6 Å². The van der Waals surface area contributed by atoms with Crippen LogP contribution in [0, 0.1) is 0 Å². The Kier molecular flexibility index (Phi) is 4.11. The number of rotatable bonds is 1. The van der Waals surface area contributed by atoms with E-state index in [9.17, 15) is 4.79 Å². The van der Waals surface area contributed by atoms with Gasteiger partial charge in [-0.2, -0.15) is 0 Å². The van der Waals surface area contributed by atoms with Gasteiger partial charge in [0.2, 0.25) is 0 Å². The molecule has 0 aliphatic carbocycles. The van der Waals surface area contributed by atoms with Gasteiger partial charge in [0.1, 0.15) is 5.15 Å². The summed E-state index contributed by atoms with van der Waals surface area (Å²) in [5.41, 5.74) is 0.266. The molecule has 3 nitrogen and oxygen atoms in total. The van der Waals surface area contributed by atoms with Crippen LogP contribution < -0.4 is 29.6 Å². The monoisotopic (exact) mass is 281 g/mol. The average Bonchev–Trinajstić information content (AvgIpc) is 2.37. The van der Waals surface area contributed by atoms with Crippen LogP contribution in [0.4, 0.5) is 0 Å². The van der Waals surface area contributed by atoms with Crippen molar-refractivity contribution in [3.05, 3.63) is 53.3 Å². The summed E-state index contributed by atoms with van der Waals surface area (Å²) in [6.45, 7) is 0. The van der Waals surface area contributed by atoms with Gasteiger partial charge in [-0.1, -0.05) is 29.8 Å². The molecule has 0 unspecified atom stereocenters. The van der Waals surface area contributed by atoms with Crippen LogP contribution in [0.15, 0.2) is 42.6 Å². The smallest absolute Gasteiger partial charge is 1.00 e. The number of carbonyl (C=O) groups is 1. The van der Waals surface area contributed by atoms with E-state index in [0.717, 1.165) is 21.5 Å². The molecule has 0 fully saturated rings. The molecular weight excluding hydrogens is 273 g/mol. The molecule has 0 atom stereocenters. The summed E-state index contributed by atoms with van der Waals surface area (Å²) >= 11 is 6.11. The second-order valence-electron chi connectivity index (χ2n) is 4.01. The Morgan fingerprint density at radius 2 is 1.89 bits per heavy atom. The number of carboxylic acids is 1. The number of aromatic nitrogens is 1. The molecule has 0 spiro atoms. The number of halogens is 1. The summed E-state index contributed by atoms with van der Waals surface area (Å²) in [6, 6.07) is 10.7. The molecule has 0 radical (unpaired) electrons. The van der Waals surface area contributed by atoms with E-state index in [4.69, 9.17) is 16.7 Å². The third-order valence-corrected chi connectivity index (χ3v) is 3.23. The maximum atomic E-state index is 10.9. The van der Waals surface area contributed by atoms with E-state index in [1.54, 1.807) is 24.4 Å². The first-order chi connectivity index (χ1) is 8.66. The Labute approximate surface area is 138 Å². The summed E-state index contributed by atoms with van der Waals surface area (Å²) < 4.78 is 0. The van der Waals surface area contributed by atoms with Gasteiger partial charge in [0.25, 0.3) is 0 Å². The standard InChI is InChI=1S/C14H8ClNO2.Na.H/c15-13-12-8(5-6-16-13)1-2-9-7-10(14(17)18)3-4-11(9)12;;/h1-7H,(H,17,18);;/q;+1;-1. The van der Waals surface area contributed by atoms with Gasteiger partial charge in [-0.05, 0) is 34.4 Å². The SMILES string of the molecule is O=C(O)c1ccc2c(ccc3ccnc(Cl)c32)c1.[H-].[Na+]. The molecule has 0 aliphatic rings. The van der Waals surface area contributed by atoms with Crippen molar-refractivity contribution in [3.63, 3.8) is 0 Å². The molecule has 0 amide bonds. The maximum Gasteiger partial charge on any atom is 1.00 e. The second kappa shape index (κ2) is 5.47. The fourth-order valence-corrected chi connectivity index (χ4v) is 2.36. The van der Waals surface area contributed by atoms with Gasteiger partial charge in [-0.15, -0.1) is 0 Å². The van der Waals surface area contributed by atoms with Gasteiger partial charge in [0, 0.05) is 11.6 Å². The molecule has 3 aromatic rings. The van der Waals surface area contributed by atoms with Crippen molar-refractivity contribution in [2.75, 3.05) is 0 Å². The topological polar surface area (TPSA) is 50.2 Å². The van der Waals surface area contributed by atoms with Crippen molar-refractivity contribution < 1.29 is 40.9 Å². The molecule has 1 N–H and O–H groups in total. The predicted octanol–water partition coefficient (Wildman–Crippen LogP) is 0.856. The second-order valence-corrected chi connectivity index (χ2v) is 4.36. The van der Waals surface area contributed by atoms with Crippen LogP contribution in [-0.4, -0.2) is 16.1 Å². The Morgan fingerprint density at radius 3 is 2.63 bits per heavy atom. The number of aromatic carboxylic acids is 1. The maximum absolute atomic E-state index is 10.9. The molecule has 0 bridgehead atoms. The van der Waals surface area contributed by atoms with Gasteiger partial charge in [0.05, 0.1) is 5.56 Å². The van der Waals surface area contributed by atoms with Crippen molar-refractivity contribution in [2.24, 2.45) is 0 Å². The number of carboxylic acid groups (broad SMARTS) is 1. The van der Waals surface area contributed by atoms with E-state index >= 15 is 0 Å². The number of nitrogens with zero attached hydrogens (tertiary/aromatic N) is 1. The van der Waals surface area contributed by atoms with Crippen LogP contribution in [-0.2, 0) is 0 Å². The Morgan fingerprint density at radius 1 is 1.16 bits per heavy atom. The van der Waals surface area contributed by atoms with E-state index in [-0.39, 0.29) is 36.5 Å². The first kappa shape index (κ1) is 14.3. The van der Waals surface area contributed by atoms with Gasteiger partial charge in [-0.3, -0.25) is 0 Å². The molecule has 5 heteroatoms. The van der Waals surface area contributed by atoms with Crippen LogP contribution in [0.3, 0.4) is 0 Å². The molecular formula is C14H9ClNNaO2. The Balaban J connectivity index is 0.000001000. The summed E-state index contributed by atoms with van der Waals surface area (Å²) in [7, 11) is 0. The molecule has 0 saturated carbocycles. The molecule has 0 aliphatic heterocycles. The average molecular weight is 282 g/mol. The van der Waals surface area contributed by atoms with Crippen LogP contribution in [0.1, 0.15) is 11.8 Å². The fourth-order valence-electron chi connectivity index (χ4n) is 2.10. The zero-order chi connectivity index (χ0) is 12.7. The molecule has 2 aromatic carbocycles. The minimum Gasteiger partial charge on any atom is -1.00 e. The third-order valence-electron chi connectivity index (χ3n) is 2.95. The number of benzene rings is 2. The summed E-state index contributed by atoms with van der Waals surface area (Å²) in [4.78, 5) is 15.0. The number of hydrogen-bond donors (Lipinski definition) is 1. The Hall–Kier alpha value is -1.13. The molecule has 3 rings (SSSR count). The van der Waals surface area contributed by atoms with Gasteiger partial charge in [0.15, 0.2) is 0 Å². The zero-order valence-corrected chi connectivity index (χ0v) is 13.0. The minimum absolute atomic E-state index is 0. The molecule has 90 valence electrons. The van der Waals surface area contributed by atoms with E-state index in [1.807, 2.05) is 18.2 Å². The summed E-state index contributed by atoms with van der Waals surface area (Å²) in [5, 5.41) is 13.0. The van der Waals surface area contributed by atoms with Gasteiger partial charge < -0.3 is 6.53 Å². The van der Waals surface area contributed by atoms with Gasteiger partial charge >= 0.3 is 35.5 Å². The molecule has 19 heavy (non-hydrogen) atoms. The molecule has 1 aromatic heterocycles. The Bertz CT molecular complexity index is 795. The van der Waals surface area contributed by atoms with Crippen molar-refractivity contribution in [1.29, 1.82) is 0 Å². The number of fused-ring (bicyclic) bond motifs is 3. The van der Waals surface area contributed by atoms with E-state index < -0.39 is 5.97 Å². The largest absolute Gasteiger partial charge is 1.00 e. The molecule has 0 saturated heterocycles. The van der Waals surface area contributed by atoms with Crippen LogP contribution in [0.5, 0.6) is 0 Å². The van der Waals surface area contributed by atoms with E-state index in [1.165, 1.54) is 0 Å². The quantitative estimate of drug-likeness (QED) is 0.409. The number of pyridine rings is 1. The third kappa shape index (κ3) is 2.47. The van der Waals surface area contributed by atoms with Crippen LogP contribution in [0.2, 0.25) is 5.15 Å². The summed E-state index contributed by atoms with van der Waals surface area (Å²) in [5.74, 6) is -0.936. The van der Waals surface area contributed by atoms with Crippen molar-refractivity contribution in [2.45, 2.75) is 0 Å². The first-order valence-electron chi connectivity index (χ1n) is 5.37. The fraction of sp³-hybridized carbons (Fsp3) is 0. The predicted molar refractivity (Wildman–Crippen MR) is 72.3 cm³/mol.